The van der Waals surface area contributed by atoms with Crippen molar-refractivity contribution in [2.45, 2.75) is 58.7 Å². The number of hydrogen-bond acceptors (Lipinski definition) is 3. The first-order valence-corrected chi connectivity index (χ1v) is 9.72. The topological polar surface area (TPSA) is 29.5 Å². The summed E-state index contributed by atoms with van der Waals surface area (Å²) in [4.78, 5) is 14.8. The van der Waals surface area contributed by atoms with E-state index in [1.165, 1.54) is 12.8 Å². The number of carbonyl (C=O) groups is 1. The number of rotatable bonds is 7. The predicted octanol–water partition coefficient (Wildman–Crippen LogP) is 5.21. The molecule has 0 atom stereocenters. The first-order valence-electron chi connectivity index (χ1n) is 9.72. The number of ether oxygens (including phenoxy) is 1. The smallest absolute Gasteiger partial charge is 0.338 e. The van der Waals surface area contributed by atoms with Crippen molar-refractivity contribution in [1.82, 2.24) is 4.90 Å². The number of esters is 1. The summed E-state index contributed by atoms with van der Waals surface area (Å²) in [6.07, 6.45) is 2.91. The van der Waals surface area contributed by atoms with Crippen molar-refractivity contribution in [1.29, 1.82) is 0 Å². The van der Waals surface area contributed by atoms with Crippen LogP contribution in [-0.4, -0.2) is 30.1 Å². The third-order valence-electron chi connectivity index (χ3n) is 5.03. The molecule has 0 aromatic heterocycles. The Bertz CT molecular complexity index is 827. The highest BCUT2D eigenvalue weighted by Crippen LogP contribution is 2.30. The van der Waals surface area contributed by atoms with Crippen LogP contribution in [0.5, 0.6) is 0 Å². The number of carbonyl (C=O) groups excluding carboxylic acids is 1. The monoisotopic (exact) mass is 369 g/mol. The van der Waals surface area contributed by atoms with Crippen LogP contribution in [0.2, 0.25) is 0 Å². The summed E-state index contributed by atoms with van der Waals surface area (Å²) in [5.41, 5.74) is 3.96. The molecule has 0 spiro atoms. The molecule has 0 aliphatic heterocycles. The Morgan fingerprint density at radius 2 is 1.81 bits per heavy atom. The van der Waals surface area contributed by atoms with Crippen LogP contribution in [0.25, 0.3) is 11.1 Å². The lowest BCUT2D eigenvalue weighted by molar-refractivity contribution is 0.0375. The molecule has 27 heavy (non-hydrogen) atoms. The summed E-state index contributed by atoms with van der Waals surface area (Å²) in [6.45, 7) is 6.32. The third kappa shape index (κ3) is 4.75. The van der Waals surface area contributed by atoms with E-state index in [0.29, 0.717) is 30.1 Å². The van der Waals surface area contributed by atoms with Gasteiger partial charge in [0, 0.05) is 12.6 Å². The van der Waals surface area contributed by atoms with Crippen molar-refractivity contribution in [3.05, 3.63) is 58.9 Å². The third-order valence-corrected chi connectivity index (χ3v) is 5.03. The number of nitrogens with zero attached hydrogens (tertiary/aromatic N) is 1. The van der Waals surface area contributed by atoms with Crippen LogP contribution in [0.1, 0.15) is 55.1 Å². The quantitative estimate of drug-likeness (QED) is 0.627. The van der Waals surface area contributed by atoms with Crippen molar-refractivity contribution in [3.63, 3.8) is 0 Å². The highest BCUT2D eigenvalue weighted by molar-refractivity contribution is 5.92. The molecule has 0 bridgehead atoms. The molecule has 0 amide bonds. The number of benzene rings is 2. The first kappa shape index (κ1) is 19.6. The Morgan fingerprint density at radius 3 is 2.41 bits per heavy atom. The number of hydrogen-bond donors (Lipinski definition) is 0. The summed E-state index contributed by atoms with van der Waals surface area (Å²) in [5, 5.41) is 0. The summed E-state index contributed by atoms with van der Waals surface area (Å²) < 4.78 is 19.6. The van der Waals surface area contributed by atoms with Crippen LogP contribution in [0.3, 0.4) is 0 Å². The Morgan fingerprint density at radius 1 is 1.15 bits per heavy atom. The largest absolute Gasteiger partial charge is 0.459 e. The molecule has 0 heterocycles. The molecule has 3 nitrogen and oxygen atoms in total. The lowest BCUT2D eigenvalue weighted by Gasteiger charge is -2.19. The van der Waals surface area contributed by atoms with E-state index in [-0.39, 0.29) is 17.9 Å². The minimum atomic E-state index is -0.303. The molecule has 4 heteroatoms. The van der Waals surface area contributed by atoms with E-state index < -0.39 is 0 Å². The van der Waals surface area contributed by atoms with Crippen LogP contribution in [0.4, 0.5) is 4.39 Å². The van der Waals surface area contributed by atoms with Gasteiger partial charge in [0.2, 0.25) is 0 Å². The van der Waals surface area contributed by atoms with Gasteiger partial charge >= 0.3 is 5.97 Å². The molecular weight excluding hydrogens is 341 g/mol. The van der Waals surface area contributed by atoms with Crippen LogP contribution in [0.15, 0.2) is 36.4 Å². The van der Waals surface area contributed by atoms with Gasteiger partial charge in [0.15, 0.2) is 0 Å². The molecule has 1 saturated carbocycles. The van der Waals surface area contributed by atoms with Crippen LogP contribution >= 0.6 is 0 Å². The second-order valence-corrected chi connectivity index (χ2v) is 7.63. The minimum absolute atomic E-state index is 0.165. The van der Waals surface area contributed by atoms with Crippen LogP contribution in [0, 0.1) is 5.82 Å². The molecular formula is C23H28FNO2. The molecule has 1 aliphatic carbocycles. The maximum atomic E-state index is 14.2. The van der Waals surface area contributed by atoms with Gasteiger partial charge in [0.05, 0.1) is 11.7 Å². The van der Waals surface area contributed by atoms with E-state index in [4.69, 9.17) is 4.74 Å². The van der Waals surface area contributed by atoms with Gasteiger partial charge in [-0.25, -0.2) is 9.18 Å². The summed E-state index contributed by atoms with van der Waals surface area (Å²) in [5.74, 6) is -0.488. The van der Waals surface area contributed by atoms with E-state index in [2.05, 4.69) is 11.9 Å². The van der Waals surface area contributed by atoms with Gasteiger partial charge in [0.1, 0.15) is 5.82 Å². The maximum Gasteiger partial charge on any atom is 0.338 e. The normalized spacial score (nSPS) is 14.0. The predicted molar refractivity (Wildman–Crippen MR) is 106 cm³/mol. The SMILES string of the molecule is CCc1ccc(-c2ccc(C(=O)OC(C)C)c(CN(C)C3CC3)c2)cc1F. The molecule has 1 fully saturated rings. The van der Waals surface area contributed by atoms with Crippen molar-refractivity contribution in [3.8, 4) is 11.1 Å². The van der Waals surface area contributed by atoms with Gasteiger partial charge in [-0.1, -0.05) is 25.1 Å². The molecule has 3 rings (SSSR count). The molecule has 0 N–H and O–H groups in total. The molecule has 2 aromatic carbocycles. The highest BCUT2D eigenvalue weighted by Gasteiger charge is 2.27. The van der Waals surface area contributed by atoms with Crippen molar-refractivity contribution in [2.75, 3.05) is 7.05 Å². The Balaban J connectivity index is 1.96. The number of halogens is 1. The average molecular weight is 369 g/mol. The van der Waals surface area contributed by atoms with Gasteiger partial charge in [-0.05, 0) is 80.6 Å². The lowest BCUT2D eigenvalue weighted by Crippen LogP contribution is -2.22. The standard InChI is InChI=1S/C23H28FNO2/c1-5-16-6-7-18(13-22(16)24)17-8-11-21(23(26)27-15(2)3)19(12-17)14-25(4)20-9-10-20/h6-8,11-13,15,20H,5,9-10,14H2,1-4H3. The van der Waals surface area contributed by atoms with Gasteiger partial charge in [-0.3, -0.25) is 4.90 Å². The van der Waals surface area contributed by atoms with Crippen molar-refractivity contribution < 1.29 is 13.9 Å². The maximum absolute atomic E-state index is 14.2. The molecule has 144 valence electrons. The van der Waals surface area contributed by atoms with E-state index >= 15 is 0 Å². The van der Waals surface area contributed by atoms with Gasteiger partial charge in [-0.2, -0.15) is 0 Å². The second kappa shape index (κ2) is 8.22. The van der Waals surface area contributed by atoms with Crippen molar-refractivity contribution in [2.24, 2.45) is 0 Å². The first-order chi connectivity index (χ1) is 12.9. The minimum Gasteiger partial charge on any atom is -0.459 e. The lowest BCUT2D eigenvalue weighted by atomic mass is 9.97. The van der Waals surface area contributed by atoms with E-state index in [1.54, 1.807) is 6.07 Å². The van der Waals surface area contributed by atoms with E-state index in [1.807, 2.05) is 51.1 Å². The van der Waals surface area contributed by atoms with Crippen LogP contribution < -0.4 is 0 Å². The zero-order valence-electron chi connectivity index (χ0n) is 16.6. The zero-order valence-corrected chi connectivity index (χ0v) is 16.6. The Hall–Kier alpha value is -2.20. The summed E-state index contributed by atoms with van der Waals surface area (Å²) in [7, 11) is 2.08. The highest BCUT2D eigenvalue weighted by atomic mass is 19.1. The fraction of sp³-hybridized carbons (Fsp3) is 0.435. The van der Waals surface area contributed by atoms with Crippen molar-refractivity contribution >= 4 is 5.97 Å². The molecule has 2 aromatic rings. The average Bonchev–Trinajstić information content (AvgIpc) is 3.46. The molecule has 0 unspecified atom stereocenters. The zero-order chi connectivity index (χ0) is 19.6. The fourth-order valence-electron chi connectivity index (χ4n) is 3.31. The fourth-order valence-corrected chi connectivity index (χ4v) is 3.31. The number of aryl methyl sites for hydroxylation is 1. The summed E-state index contributed by atoms with van der Waals surface area (Å²) in [6, 6.07) is 11.6. The Kier molecular flexibility index (Phi) is 5.95. The molecule has 0 radical (unpaired) electrons. The van der Waals surface area contributed by atoms with E-state index in [9.17, 15) is 9.18 Å². The van der Waals surface area contributed by atoms with E-state index in [0.717, 1.165) is 16.7 Å². The van der Waals surface area contributed by atoms with Crippen LogP contribution in [-0.2, 0) is 17.7 Å². The van der Waals surface area contributed by atoms with Gasteiger partial charge in [-0.15, -0.1) is 0 Å². The molecule has 0 saturated heterocycles. The summed E-state index contributed by atoms with van der Waals surface area (Å²) >= 11 is 0. The van der Waals surface area contributed by atoms with Gasteiger partial charge < -0.3 is 4.74 Å². The van der Waals surface area contributed by atoms with Gasteiger partial charge in [0.25, 0.3) is 0 Å². The second-order valence-electron chi connectivity index (χ2n) is 7.63. The Labute approximate surface area is 161 Å². The molecule has 1 aliphatic rings.